The maximum Gasteiger partial charge on any atom is 0.250 e. The number of hydrogen-bond acceptors (Lipinski definition) is 5. The lowest BCUT2D eigenvalue weighted by atomic mass is 9.96. The number of benzene rings is 2. The number of rotatable bonds is 6. The van der Waals surface area contributed by atoms with Gasteiger partial charge in [-0.15, -0.1) is 0 Å². The average Bonchev–Trinajstić information content (AvgIpc) is 2.81. The summed E-state index contributed by atoms with van der Waals surface area (Å²) >= 11 is 0. The topological polar surface area (TPSA) is 81.2 Å². The van der Waals surface area contributed by atoms with Crippen molar-refractivity contribution in [3.63, 3.8) is 0 Å². The van der Waals surface area contributed by atoms with Crippen LogP contribution in [0.2, 0.25) is 0 Å². The summed E-state index contributed by atoms with van der Waals surface area (Å²) in [6.45, 7) is 1.03. The second-order valence-corrected chi connectivity index (χ2v) is 11.0. The van der Waals surface area contributed by atoms with E-state index in [9.17, 15) is 18.0 Å². The van der Waals surface area contributed by atoms with Gasteiger partial charge in [-0.25, -0.2) is 12.7 Å². The van der Waals surface area contributed by atoms with Crippen molar-refractivity contribution in [3.8, 4) is 0 Å². The first-order valence-corrected chi connectivity index (χ1v) is 12.6. The third-order valence-corrected chi connectivity index (χ3v) is 8.17. The van der Waals surface area contributed by atoms with Gasteiger partial charge in [0.1, 0.15) is 12.6 Å². The molecule has 0 unspecified atom stereocenters. The minimum atomic E-state index is -3.68. The van der Waals surface area contributed by atoms with Gasteiger partial charge in [-0.05, 0) is 43.0 Å². The number of likely N-dealkylation sites (N-methyl/N-ethyl adjacent to an activating group) is 1. The number of carbonyl (C=O) groups excluding carboxylic acids is 2. The molecule has 8 nitrogen and oxygen atoms in total. The molecule has 2 aromatic carbocycles. The highest BCUT2D eigenvalue weighted by atomic mass is 32.2. The molecule has 0 radical (unpaired) electrons. The van der Waals surface area contributed by atoms with Crippen LogP contribution in [-0.4, -0.2) is 69.7 Å². The molecule has 1 atom stereocenters. The molecule has 2 aliphatic rings. The van der Waals surface area contributed by atoms with Gasteiger partial charge in [-0.2, -0.15) is 0 Å². The Kier molecular flexibility index (Phi) is 6.45. The van der Waals surface area contributed by atoms with Crippen LogP contribution in [0.1, 0.15) is 24.8 Å². The van der Waals surface area contributed by atoms with Gasteiger partial charge < -0.3 is 9.80 Å². The van der Waals surface area contributed by atoms with Crippen LogP contribution in [0, 0.1) is 0 Å². The van der Waals surface area contributed by atoms with Crippen molar-refractivity contribution < 1.29 is 18.0 Å². The molecular formula is C24H30N4O4S. The smallest absolute Gasteiger partial charge is 0.250 e. The van der Waals surface area contributed by atoms with E-state index in [0.29, 0.717) is 12.2 Å². The zero-order valence-corrected chi connectivity index (χ0v) is 20.1. The highest BCUT2D eigenvalue weighted by Crippen LogP contribution is 2.40. The maximum absolute atomic E-state index is 13.5. The van der Waals surface area contributed by atoms with Gasteiger partial charge in [-0.3, -0.25) is 14.5 Å². The highest BCUT2D eigenvalue weighted by molar-refractivity contribution is 7.89. The van der Waals surface area contributed by atoms with Gasteiger partial charge in [0.2, 0.25) is 21.8 Å². The standard InChI is InChI=1S/C24H30N4O4S/c1-25(2)33(31,32)19-12-13-20-22(15-19)28(24(30)21-11-7-8-14-27(20)21)17-23(29)26(3)16-18-9-5-4-6-10-18/h4-6,9-10,12-13,15,21H,7-8,11,14,16-17H2,1-3H3/t21-/m0/s1. The van der Waals surface area contributed by atoms with Gasteiger partial charge in [0, 0.05) is 34.2 Å². The monoisotopic (exact) mass is 470 g/mol. The Hall–Kier alpha value is -2.91. The number of sulfonamides is 1. The second-order valence-electron chi connectivity index (χ2n) is 8.80. The summed E-state index contributed by atoms with van der Waals surface area (Å²) in [5.74, 6) is -0.355. The molecule has 0 bridgehead atoms. The van der Waals surface area contributed by atoms with Crippen LogP contribution >= 0.6 is 0 Å². The first-order valence-electron chi connectivity index (χ1n) is 11.1. The molecule has 0 saturated carbocycles. The Balaban J connectivity index is 1.68. The molecule has 2 aliphatic heterocycles. The number of carbonyl (C=O) groups is 2. The van der Waals surface area contributed by atoms with Gasteiger partial charge in [0.05, 0.1) is 16.3 Å². The zero-order chi connectivity index (χ0) is 23.8. The minimum Gasteiger partial charge on any atom is -0.358 e. The molecule has 33 heavy (non-hydrogen) atoms. The minimum absolute atomic E-state index is 0.101. The predicted molar refractivity (Wildman–Crippen MR) is 128 cm³/mol. The second kappa shape index (κ2) is 9.15. The summed E-state index contributed by atoms with van der Waals surface area (Å²) in [6.07, 6.45) is 2.64. The quantitative estimate of drug-likeness (QED) is 0.647. The third kappa shape index (κ3) is 4.47. The van der Waals surface area contributed by atoms with Crippen LogP contribution in [0.5, 0.6) is 0 Å². The van der Waals surface area contributed by atoms with Crippen molar-refractivity contribution >= 4 is 33.2 Å². The van der Waals surface area contributed by atoms with Crippen molar-refractivity contribution in [3.05, 3.63) is 54.1 Å². The third-order valence-electron chi connectivity index (χ3n) is 6.36. The fourth-order valence-electron chi connectivity index (χ4n) is 4.47. The summed E-state index contributed by atoms with van der Waals surface area (Å²) < 4.78 is 26.7. The zero-order valence-electron chi connectivity index (χ0n) is 19.3. The van der Waals surface area contributed by atoms with E-state index in [2.05, 4.69) is 4.90 Å². The molecule has 2 amide bonds. The van der Waals surface area contributed by atoms with Crippen LogP contribution in [0.15, 0.2) is 53.4 Å². The molecule has 1 fully saturated rings. The summed E-state index contributed by atoms with van der Waals surface area (Å²) in [5, 5.41) is 0. The number of hydrogen-bond donors (Lipinski definition) is 0. The lowest BCUT2D eigenvalue weighted by Crippen LogP contribution is -2.57. The SMILES string of the molecule is CN(Cc1ccccc1)C(=O)CN1C(=O)[C@@H]2CCCCN2c2ccc(S(=O)(=O)N(C)C)cc21. The lowest BCUT2D eigenvalue weighted by molar-refractivity contribution is -0.131. The molecule has 9 heteroatoms. The molecular weight excluding hydrogens is 440 g/mol. The molecule has 0 N–H and O–H groups in total. The Morgan fingerprint density at radius 3 is 2.45 bits per heavy atom. The molecule has 0 spiro atoms. The lowest BCUT2D eigenvalue weighted by Gasteiger charge is -2.45. The van der Waals surface area contributed by atoms with Crippen molar-refractivity contribution in [1.29, 1.82) is 0 Å². The number of piperidine rings is 1. The Bertz CT molecular complexity index is 1150. The van der Waals surface area contributed by atoms with E-state index in [0.717, 1.165) is 41.4 Å². The number of nitrogens with zero attached hydrogens (tertiary/aromatic N) is 4. The highest BCUT2D eigenvalue weighted by Gasteiger charge is 2.41. The molecule has 0 aliphatic carbocycles. The number of amides is 2. The average molecular weight is 471 g/mol. The first-order chi connectivity index (χ1) is 15.7. The van der Waals surface area contributed by atoms with Crippen molar-refractivity contribution in [2.45, 2.75) is 36.7 Å². The largest absolute Gasteiger partial charge is 0.358 e. The van der Waals surface area contributed by atoms with Crippen molar-refractivity contribution in [1.82, 2.24) is 9.21 Å². The van der Waals surface area contributed by atoms with Crippen molar-refractivity contribution in [2.24, 2.45) is 0 Å². The van der Waals surface area contributed by atoms with Gasteiger partial charge in [0.15, 0.2) is 0 Å². The molecule has 1 saturated heterocycles. The van der Waals surface area contributed by atoms with Gasteiger partial charge in [-0.1, -0.05) is 30.3 Å². The Labute approximate surface area is 195 Å². The van der Waals surface area contributed by atoms with Gasteiger partial charge in [0.25, 0.3) is 0 Å². The fraction of sp³-hybridized carbons (Fsp3) is 0.417. The van der Waals surface area contributed by atoms with E-state index in [1.54, 1.807) is 24.1 Å². The summed E-state index contributed by atoms with van der Waals surface area (Å²) in [4.78, 5) is 31.8. The predicted octanol–water partition coefficient (Wildman–Crippen LogP) is 2.30. The van der Waals surface area contributed by atoms with E-state index in [1.807, 2.05) is 30.3 Å². The summed E-state index contributed by atoms with van der Waals surface area (Å²) in [6, 6.07) is 14.2. The number of fused-ring (bicyclic) bond motifs is 3. The van der Waals surface area contributed by atoms with E-state index < -0.39 is 10.0 Å². The molecule has 0 aromatic heterocycles. The van der Waals surface area contributed by atoms with E-state index in [1.165, 1.54) is 25.1 Å². The summed E-state index contributed by atoms with van der Waals surface area (Å²) in [5.41, 5.74) is 2.27. The summed E-state index contributed by atoms with van der Waals surface area (Å²) in [7, 11) is 0.974. The fourth-order valence-corrected chi connectivity index (χ4v) is 5.40. The Morgan fingerprint density at radius 1 is 1.03 bits per heavy atom. The Morgan fingerprint density at radius 2 is 1.76 bits per heavy atom. The van der Waals surface area contributed by atoms with Crippen LogP contribution < -0.4 is 9.80 Å². The molecule has 2 heterocycles. The van der Waals surface area contributed by atoms with Crippen LogP contribution in [0.4, 0.5) is 11.4 Å². The normalized spacial score (nSPS) is 18.2. The van der Waals surface area contributed by atoms with Crippen LogP contribution in [0.25, 0.3) is 0 Å². The first kappa shape index (κ1) is 23.3. The molecule has 2 aromatic rings. The van der Waals surface area contributed by atoms with Crippen LogP contribution in [0.3, 0.4) is 0 Å². The van der Waals surface area contributed by atoms with Crippen molar-refractivity contribution in [2.75, 3.05) is 44.0 Å². The van der Waals surface area contributed by atoms with E-state index in [-0.39, 0.29) is 29.3 Å². The maximum atomic E-state index is 13.5. The molecule has 4 rings (SSSR count). The van der Waals surface area contributed by atoms with E-state index in [4.69, 9.17) is 0 Å². The van der Waals surface area contributed by atoms with Crippen LogP contribution in [-0.2, 0) is 26.2 Å². The van der Waals surface area contributed by atoms with Gasteiger partial charge >= 0.3 is 0 Å². The number of anilines is 2. The van der Waals surface area contributed by atoms with E-state index >= 15 is 0 Å². The molecule has 176 valence electrons.